The maximum atomic E-state index is 12.5. The molecule has 2 aromatic carbocycles. The number of non-ortho nitro benzene ring substituents is 1. The van der Waals surface area contributed by atoms with Crippen molar-refractivity contribution in [2.24, 2.45) is 0 Å². The highest BCUT2D eigenvalue weighted by Gasteiger charge is 2.41. The smallest absolute Gasteiger partial charge is 0.417 e. The van der Waals surface area contributed by atoms with Gasteiger partial charge in [0.25, 0.3) is 5.69 Å². The van der Waals surface area contributed by atoms with Crippen molar-refractivity contribution in [1.29, 1.82) is 0 Å². The van der Waals surface area contributed by atoms with Crippen LogP contribution in [0, 0.1) is 10.1 Å². The third kappa shape index (κ3) is 4.32. The number of carbonyl (C=O) groups excluding carboxylic acids is 3. The molecule has 1 saturated heterocycles. The molecule has 1 atom stereocenters. The fourth-order valence-corrected chi connectivity index (χ4v) is 2.84. The Kier molecular flexibility index (Phi) is 5.64. The van der Waals surface area contributed by atoms with E-state index < -0.39 is 28.9 Å². The summed E-state index contributed by atoms with van der Waals surface area (Å²) in [6.45, 7) is -0.0137. The molecule has 0 saturated carbocycles. The van der Waals surface area contributed by atoms with Crippen LogP contribution in [0.15, 0.2) is 54.6 Å². The predicted octanol–water partition coefficient (Wildman–Crippen LogP) is 2.86. The predicted molar refractivity (Wildman–Crippen MR) is 98.2 cm³/mol. The van der Waals surface area contributed by atoms with E-state index in [0.29, 0.717) is 5.69 Å². The van der Waals surface area contributed by atoms with Gasteiger partial charge in [-0.1, -0.05) is 30.3 Å². The topological polar surface area (TPSA) is 119 Å². The number of nitrogens with one attached hydrogen (secondary N) is 1. The number of imide groups is 1. The average molecular weight is 383 g/mol. The maximum absolute atomic E-state index is 12.5. The van der Waals surface area contributed by atoms with Gasteiger partial charge < -0.3 is 10.1 Å². The summed E-state index contributed by atoms with van der Waals surface area (Å²) in [5, 5.41) is 13.3. The molecule has 1 aliphatic heterocycles. The first-order valence-corrected chi connectivity index (χ1v) is 8.54. The standard InChI is InChI=1S/C19H17N3O6/c23-17-11-10-16(18(24)20-14-6-8-15(9-7-14)22(26)27)21(17)19(25)28-12-13-4-2-1-3-5-13/h1-9,16H,10-12H2,(H,20,24). The van der Waals surface area contributed by atoms with E-state index in [1.165, 1.54) is 24.3 Å². The minimum Gasteiger partial charge on any atom is -0.444 e. The minimum atomic E-state index is -0.994. The molecule has 0 spiro atoms. The molecule has 0 radical (unpaired) electrons. The second kappa shape index (κ2) is 8.30. The monoisotopic (exact) mass is 383 g/mol. The number of rotatable bonds is 5. The van der Waals surface area contributed by atoms with Crippen LogP contribution in [0.1, 0.15) is 18.4 Å². The Bertz CT molecular complexity index is 898. The van der Waals surface area contributed by atoms with E-state index in [9.17, 15) is 24.5 Å². The van der Waals surface area contributed by atoms with Gasteiger partial charge in [0.15, 0.2) is 0 Å². The number of nitro benzene ring substituents is 1. The number of benzene rings is 2. The van der Waals surface area contributed by atoms with Crippen LogP contribution in [0.2, 0.25) is 0 Å². The first kappa shape index (κ1) is 19.0. The molecule has 0 bridgehead atoms. The summed E-state index contributed by atoms with van der Waals surface area (Å²) >= 11 is 0. The summed E-state index contributed by atoms with van der Waals surface area (Å²) in [7, 11) is 0. The minimum absolute atomic E-state index is 0.0137. The lowest BCUT2D eigenvalue weighted by Gasteiger charge is -2.21. The fourth-order valence-electron chi connectivity index (χ4n) is 2.84. The van der Waals surface area contributed by atoms with Gasteiger partial charge in [-0.15, -0.1) is 0 Å². The van der Waals surface area contributed by atoms with E-state index in [4.69, 9.17) is 4.74 Å². The third-order valence-electron chi connectivity index (χ3n) is 4.26. The van der Waals surface area contributed by atoms with E-state index in [2.05, 4.69) is 5.32 Å². The lowest BCUT2D eigenvalue weighted by molar-refractivity contribution is -0.384. The molecule has 28 heavy (non-hydrogen) atoms. The number of hydrogen-bond acceptors (Lipinski definition) is 6. The van der Waals surface area contributed by atoms with Crippen molar-refractivity contribution in [2.45, 2.75) is 25.5 Å². The van der Waals surface area contributed by atoms with Gasteiger partial charge in [0, 0.05) is 24.2 Å². The van der Waals surface area contributed by atoms with Gasteiger partial charge in [-0.25, -0.2) is 9.69 Å². The van der Waals surface area contributed by atoms with Crippen LogP contribution in [0.5, 0.6) is 0 Å². The normalized spacial score (nSPS) is 15.9. The van der Waals surface area contributed by atoms with Crippen molar-refractivity contribution in [3.8, 4) is 0 Å². The van der Waals surface area contributed by atoms with Crippen LogP contribution in [-0.2, 0) is 20.9 Å². The first-order valence-electron chi connectivity index (χ1n) is 8.54. The number of amides is 3. The highest BCUT2D eigenvalue weighted by Crippen LogP contribution is 2.23. The van der Waals surface area contributed by atoms with Crippen molar-refractivity contribution in [1.82, 2.24) is 4.90 Å². The fraction of sp³-hybridized carbons (Fsp3) is 0.211. The lowest BCUT2D eigenvalue weighted by atomic mass is 10.2. The van der Waals surface area contributed by atoms with Crippen LogP contribution in [0.25, 0.3) is 0 Å². The summed E-state index contributed by atoms with van der Waals surface area (Å²) in [6, 6.07) is 13.2. The number of nitro groups is 1. The summed E-state index contributed by atoms with van der Waals surface area (Å²) in [5.41, 5.74) is 0.974. The van der Waals surface area contributed by atoms with Gasteiger partial charge in [-0.3, -0.25) is 19.7 Å². The van der Waals surface area contributed by atoms with Gasteiger partial charge in [0.2, 0.25) is 11.8 Å². The first-order chi connectivity index (χ1) is 13.5. The third-order valence-corrected chi connectivity index (χ3v) is 4.26. The molecule has 9 heteroatoms. The van der Waals surface area contributed by atoms with E-state index in [1.54, 1.807) is 24.3 Å². The van der Waals surface area contributed by atoms with Crippen molar-refractivity contribution >= 4 is 29.3 Å². The molecule has 2 aromatic rings. The van der Waals surface area contributed by atoms with Gasteiger partial charge >= 0.3 is 6.09 Å². The van der Waals surface area contributed by atoms with Crippen molar-refractivity contribution in [3.63, 3.8) is 0 Å². The number of anilines is 1. The second-order valence-corrected chi connectivity index (χ2v) is 6.15. The molecule has 3 amide bonds. The molecular formula is C19H17N3O6. The molecule has 0 aliphatic carbocycles. The van der Waals surface area contributed by atoms with Crippen molar-refractivity contribution < 1.29 is 24.0 Å². The SMILES string of the molecule is O=C(Nc1ccc([N+](=O)[O-])cc1)C1CCC(=O)N1C(=O)OCc1ccccc1. The number of nitrogens with zero attached hydrogens (tertiary/aromatic N) is 2. The van der Waals surface area contributed by atoms with Crippen LogP contribution >= 0.6 is 0 Å². The Morgan fingerprint density at radius 3 is 2.46 bits per heavy atom. The van der Waals surface area contributed by atoms with Crippen LogP contribution < -0.4 is 5.32 Å². The number of hydrogen-bond donors (Lipinski definition) is 1. The Labute approximate surface area is 160 Å². The Balaban J connectivity index is 1.64. The van der Waals surface area contributed by atoms with Crippen LogP contribution in [0.4, 0.5) is 16.2 Å². The zero-order chi connectivity index (χ0) is 20.1. The molecule has 1 aliphatic rings. The highest BCUT2D eigenvalue weighted by molar-refractivity contribution is 6.04. The van der Waals surface area contributed by atoms with Gasteiger partial charge in [0.1, 0.15) is 12.6 Å². The van der Waals surface area contributed by atoms with Gasteiger partial charge in [-0.05, 0) is 24.1 Å². The van der Waals surface area contributed by atoms with Crippen molar-refractivity contribution in [2.75, 3.05) is 5.32 Å². The molecule has 1 fully saturated rings. The molecular weight excluding hydrogens is 366 g/mol. The van der Waals surface area contributed by atoms with Gasteiger partial charge in [0.05, 0.1) is 4.92 Å². The van der Waals surface area contributed by atoms with Crippen LogP contribution in [0.3, 0.4) is 0 Å². The molecule has 0 aromatic heterocycles. The Hall–Kier alpha value is -3.75. The summed E-state index contributed by atoms with van der Waals surface area (Å²) in [4.78, 5) is 47.9. The molecule has 3 rings (SSSR count). The second-order valence-electron chi connectivity index (χ2n) is 6.15. The van der Waals surface area contributed by atoms with Crippen molar-refractivity contribution in [3.05, 3.63) is 70.3 Å². The van der Waals surface area contributed by atoms with Gasteiger partial charge in [-0.2, -0.15) is 0 Å². The Morgan fingerprint density at radius 1 is 1.14 bits per heavy atom. The van der Waals surface area contributed by atoms with E-state index >= 15 is 0 Å². The average Bonchev–Trinajstić information content (AvgIpc) is 3.09. The highest BCUT2D eigenvalue weighted by atomic mass is 16.6. The molecule has 1 heterocycles. The molecule has 1 N–H and O–H groups in total. The van der Waals surface area contributed by atoms with E-state index in [0.717, 1.165) is 10.5 Å². The summed E-state index contributed by atoms with van der Waals surface area (Å²) in [5.74, 6) is -1.04. The maximum Gasteiger partial charge on any atom is 0.417 e. The zero-order valence-electron chi connectivity index (χ0n) is 14.7. The number of carbonyl (C=O) groups is 3. The largest absolute Gasteiger partial charge is 0.444 e. The molecule has 1 unspecified atom stereocenters. The Morgan fingerprint density at radius 2 is 1.82 bits per heavy atom. The molecule has 144 valence electrons. The number of ether oxygens (including phenoxy) is 1. The summed E-state index contributed by atoms with van der Waals surface area (Å²) < 4.78 is 5.17. The zero-order valence-corrected chi connectivity index (χ0v) is 14.7. The quantitative estimate of drug-likeness (QED) is 0.626. The lowest BCUT2D eigenvalue weighted by Crippen LogP contribution is -2.45. The number of likely N-dealkylation sites (tertiary alicyclic amines) is 1. The summed E-state index contributed by atoms with van der Waals surface area (Å²) in [6.07, 6.45) is -0.646. The van der Waals surface area contributed by atoms with E-state index in [-0.39, 0.29) is 25.1 Å². The molecule has 9 nitrogen and oxygen atoms in total. The van der Waals surface area contributed by atoms with E-state index in [1.807, 2.05) is 6.07 Å². The van der Waals surface area contributed by atoms with Crippen LogP contribution in [-0.4, -0.2) is 33.8 Å².